The van der Waals surface area contributed by atoms with Gasteiger partial charge in [-0.15, -0.1) is 0 Å². The fraction of sp³-hybridized carbons (Fsp3) is 0.632. The molecule has 2 fully saturated rings. The molecule has 0 amide bonds. The molecular formula is C19H24N4O2S. The van der Waals surface area contributed by atoms with E-state index >= 15 is 0 Å². The van der Waals surface area contributed by atoms with Gasteiger partial charge in [-0.25, -0.2) is 9.67 Å². The molecule has 0 bridgehead atoms. The van der Waals surface area contributed by atoms with Gasteiger partial charge in [-0.1, -0.05) is 0 Å². The number of fused-ring (bicyclic) bond motifs is 1. The molecule has 0 aromatic carbocycles. The lowest BCUT2D eigenvalue weighted by atomic mass is 10.2. The highest BCUT2D eigenvalue weighted by Crippen LogP contribution is 2.40. The molecule has 0 N–H and O–H groups in total. The van der Waals surface area contributed by atoms with Crippen molar-refractivity contribution in [1.82, 2.24) is 19.7 Å². The van der Waals surface area contributed by atoms with E-state index in [1.165, 1.54) is 12.8 Å². The van der Waals surface area contributed by atoms with Gasteiger partial charge in [0, 0.05) is 30.2 Å². The Morgan fingerprint density at radius 2 is 2.23 bits per heavy atom. The van der Waals surface area contributed by atoms with Crippen molar-refractivity contribution in [3.8, 4) is 0 Å². The highest BCUT2D eigenvalue weighted by Gasteiger charge is 2.30. The fourth-order valence-electron chi connectivity index (χ4n) is 4.02. The van der Waals surface area contributed by atoms with Crippen LogP contribution in [0, 0.1) is 0 Å². The van der Waals surface area contributed by atoms with Gasteiger partial charge >= 0.3 is 0 Å². The maximum Gasteiger partial charge on any atom is 0.267 e. The van der Waals surface area contributed by atoms with Gasteiger partial charge in [0.1, 0.15) is 5.76 Å². The van der Waals surface area contributed by atoms with Crippen molar-refractivity contribution < 1.29 is 4.42 Å². The number of thioether (sulfide) groups is 1. The maximum absolute atomic E-state index is 12.5. The third-order valence-electron chi connectivity index (χ3n) is 5.68. The molecule has 1 saturated heterocycles. The lowest BCUT2D eigenvalue weighted by Crippen LogP contribution is -2.37. The molecule has 7 heteroatoms. The van der Waals surface area contributed by atoms with E-state index in [1.807, 2.05) is 18.0 Å². The van der Waals surface area contributed by atoms with Crippen LogP contribution in [0.2, 0.25) is 0 Å². The van der Waals surface area contributed by atoms with E-state index in [1.54, 1.807) is 10.7 Å². The summed E-state index contributed by atoms with van der Waals surface area (Å²) in [6, 6.07) is 2.12. The van der Waals surface area contributed by atoms with Crippen LogP contribution in [-0.2, 0) is 25.3 Å². The third-order valence-corrected chi connectivity index (χ3v) is 6.69. The van der Waals surface area contributed by atoms with Crippen molar-refractivity contribution in [2.45, 2.75) is 62.9 Å². The van der Waals surface area contributed by atoms with E-state index in [-0.39, 0.29) is 5.56 Å². The van der Waals surface area contributed by atoms with Gasteiger partial charge in [0.2, 0.25) is 5.89 Å². The number of nitrogens with zero attached hydrogens (tertiary/aromatic N) is 4. The molecule has 4 heterocycles. The topological polar surface area (TPSA) is 64.2 Å². The van der Waals surface area contributed by atoms with Crippen LogP contribution < -0.4 is 5.56 Å². The van der Waals surface area contributed by atoms with Crippen LogP contribution in [0.5, 0.6) is 0 Å². The van der Waals surface area contributed by atoms with Crippen molar-refractivity contribution in [3.05, 3.63) is 45.5 Å². The molecule has 2 aromatic heterocycles. The highest BCUT2D eigenvalue weighted by atomic mass is 32.2. The maximum atomic E-state index is 12.5. The minimum atomic E-state index is 0.0326. The molecule has 3 aliphatic rings. The Morgan fingerprint density at radius 1 is 1.31 bits per heavy atom. The van der Waals surface area contributed by atoms with Crippen LogP contribution in [0.15, 0.2) is 21.5 Å². The molecule has 0 radical (unpaired) electrons. The second-order valence-electron chi connectivity index (χ2n) is 7.64. The summed E-state index contributed by atoms with van der Waals surface area (Å²) >= 11 is 1.88. The fourth-order valence-corrected chi connectivity index (χ4v) is 4.97. The van der Waals surface area contributed by atoms with E-state index < -0.39 is 0 Å². The van der Waals surface area contributed by atoms with Crippen molar-refractivity contribution in [1.29, 1.82) is 0 Å². The Balaban J connectivity index is 1.30. The van der Waals surface area contributed by atoms with Crippen LogP contribution in [-0.4, -0.2) is 38.0 Å². The summed E-state index contributed by atoms with van der Waals surface area (Å²) in [5.41, 5.74) is 2.26. The zero-order valence-electron chi connectivity index (χ0n) is 14.9. The number of aryl methyl sites for hydroxylation is 1. The van der Waals surface area contributed by atoms with Crippen molar-refractivity contribution in [2.24, 2.45) is 0 Å². The first-order valence-corrected chi connectivity index (χ1v) is 10.8. The van der Waals surface area contributed by atoms with Gasteiger partial charge in [-0.2, -0.15) is 16.9 Å². The average molecular weight is 372 g/mol. The summed E-state index contributed by atoms with van der Waals surface area (Å²) < 4.78 is 7.61. The largest absolute Gasteiger partial charge is 0.444 e. The first kappa shape index (κ1) is 16.6. The Hall–Kier alpha value is -1.60. The summed E-state index contributed by atoms with van der Waals surface area (Å²) in [4.78, 5) is 19.3. The zero-order chi connectivity index (χ0) is 17.5. The quantitative estimate of drug-likeness (QED) is 0.804. The smallest absolute Gasteiger partial charge is 0.267 e. The predicted molar refractivity (Wildman–Crippen MR) is 100 cm³/mol. The summed E-state index contributed by atoms with van der Waals surface area (Å²) in [5.74, 6) is 4.47. The molecule has 1 aliphatic carbocycles. The van der Waals surface area contributed by atoms with E-state index in [9.17, 15) is 4.79 Å². The highest BCUT2D eigenvalue weighted by molar-refractivity contribution is 7.98. The van der Waals surface area contributed by atoms with Crippen molar-refractivity contribution in [2.75, 3.05) is 12.3 Å². The van der Waals surface area contributed by atoms with Gasteiger partial charge in [0.25, 0.3) is 5.56 Å². The summed E-state index contributed by atoms with van der Waals surface area (Å²) in [6.07, 6.45) is 7.56. The standard InChI is InChI=1S/C19H24N4O2S/c24-19-8-14-12-26-7-5-16(14)21-23(19)10-15-2-1-6-22(15)11-18-20-9-17(25-18)13-3-4-13/h8-9,13,15H,1-7,10-12H2. The SMILES string of the molecule is O=c1cc2c(nn1CC1CCCN1Cc1ncc(C3CC3)o1)CCSC2. The molecule has 2 aromatic rings. The monoisotopic (exact) mass is 372 g/mol. The number of hydrogen-bond acceptors (Lipinski definition) is 6. The Labute approximate surface area is 157 Å². The van der Waals surface area contributed by atoms with Crippen molar-refractivity contribution >= 4 is 11.8 Å². The van der Waals surface area contributed by atoms with Gasteiger partial charge < -0.3 is 4.42 Å². The molecule has 26 heavy (non-hydrogen) atoms. The molecule has 1 saturated carbocycles. The third kappa shape index (κ3) is 3.34. The first-order valence-electron chi connectivity index (χ1n) is 9.62. The molecule has 5 rings (SSSR count). The number of likely N-dealkylation sites (tertiary alicyclic amines) is 1. The number of rotatable bonds is 5. The Bertz CT molecular complexity index is 857. The Kier molecular flexibility index (Phi) is 4.36. The molecule has 6 nitrogen and oxygen atoms in total. The minimum Gasteiger partial charge on any atom is -0.444 e. The van der Waals surface area contributed by atoms with Gasteiger partial charge in [-0.05, 0) is 43.5 Å². The molecule has 2 aliphatic heterocycles. The predicted octanol–water partition coefficient (Wildman–Crippen LogP) is 2.56. The second-order valence-corrected chi connectivity index (χ2v) is 8.74. The van der Waals surface area contributed by atoms with E-state index in [2.05, 4.69) is 15.0 Å². The van der Waals surface area contributed by atoms with Gasteiger partial charge in [-0.3, -0.25) is 9.69 Å². The number of oxazole rings is 1. The first-order chi connectivity index (χ1) is 12.8. The zero-order valence-corrected chi connectivity index (χ0v) is 15.7. The molecule has 1 unspecified atom stereocenters. The molecule has 0 spiro atoms. The lowest BCUT2D eigenvalue weighted by Gasteiger charge is -2.24. The summed E-state index contributed by atoms with van der Waals surface area (Å²) in [6.45, 7) is 2.42. The van der Waals surface area contributed by atoms with Crippen molar-refractivity contribution in [3.63, 3.8) is 0 Å². The van der Waals surface area contributed by atoms with Crippen LogP contribution in [0.4, 0.5) is 0 Å². The average Bonchev–Trinajstić information content (AvgIpc) is 3.24. The molecular weight excluding hydrogens is 348 g/mol. The van der Waals surface area contributed by atoms with Gasteiger partial charge in [0.15, 0.2) is 0 Å². The van der Waals surface area contributed by atoms with Crippen LogP contribution in [0.1, 0.15) is 54.5 Å². The summed E-state index contributed by atoms with van der Waals surface area (Å²) in [7, 11) is 0. The van der Waals surface area contributed by atoms with E-state index in [0.29, 0.717) is 18.5 Å². The molecule has 138 valence electrons. The minimum absolute atomic E-state index is 0.0326. The van der Waals surface area contributed by atoms with Crippen LogP contribution >= 0.6 is 11.8 Å². The number of aromatic nitrogens is 3. The molecule has 1 atom stereocenters. The van der Waals surface area contributed by atoms with Crippen LogP contribution in [0.25, 0.3) is 0 Å². The Morgan fingerprint density at radius 3 is 3.12 bits per heavy atom. The summed E-state index contributed by atoms with van der Waals surface area (Å²) in [5, 5.41) is 4.68. The van der Waals surface area contributed by atoms with E-state index in [4.69, 9.17) is 4.42 Å². The lowest BCUT2D eigenvalue weighted by molar-refractivity contribution is 0.196. The number of hydrogen-bond donors (Lipinski definition) is 0. The van der Waals surface area contributed by atoms with E-state index in [0.717, 1.165) is 66.8 Å². The van der Waals surface area contributed by atoms with Gasteiger partial charge in [0.05, 0.1) is 25.0 Å². The normalized spacial score (nSPS) is 23.3. The van der Waals surface area contributed by atoms with Crippen LogP contribution in [0.3, 0.4) is 0 Å². The second kappa shape index (κ2) is 6.85.